The molecule has 47 heavy (non-hydrogen) atoms. The van der Waals surface area contributed by atoms with Crippen LogP contribution in [0.1, 0.15) is 15.9 Å². The van der Waals surface area contributed by atoms with E-state index < -0.39 is 0 Å². The van der Waals surface area contributed by atoms with Gasteiger partial charge in [0, 0.05) is 39.6 Å². The Balaban J connectivity index is 1.12. The van der Waals surface area contributed by atoms with Crippen molar-refractivity contribution in [3.05, 3.63) is 114 Å². The molecule has 0 atom stereocenters. The number of hydrogen-bond donors (Lipinski definition) is 2. The molecule has 4 aromatic carbocycles. The van der Waals surface area contributed by atoms with Gasteiger partial charge in [-0.2, -0.15) is 0 Å². The van der Waals surface area contributed by atoms with Gasteiger partial charge in [0.2, 0.25) is 11.7 Å². The Kier molecular flexibility index (Phi) is 9.35. The minimum Gasteiger partial charge on any atom is -0.493 e. The van der Waals surface area contributed by atoms with E-state index in [2.05, 4.69) is 20.5 Å². The molecule has 10 nitrogen and oxygen atoms in total. The molecule has 2 N–H and O–H groups in total. The van der Waals surface area contributed by atoms with Crippen LogP contribution in [0.5, 0.6) is 17.2 Å². The smallest absolute Gasteiger partial charge is 0.234 e. The lowest BCUT2D eigenvalue weighted by Gasteiger charge is -2.12. The van der Waals surface area contributed by atoms with Crippen molar-refractivity contribution < 1.29 is 23.8 Å². The van der Waals surface area contributed by atoms with E-state index in [1.807, 2.05) is 65.4 Å². The third-order valence-corrected chi connectivity index (χ3v) is 8.31. The number of H-pyrrole nitrogens is 1. The number of nitrogens with one attached hydrogen (secondary N) is 2. The number of fused-ring (bicyclic) bond motifs is 1. The van der Waals surface area contributed by atoms with Crippen molar-refractivity contribution in [2.45, 2.75) is 5.16 Å². The summed E-state index contributed by atoms with van der Waals surface area (Å²) in [5.41, 5.74) is 4.57. The van der Waals surface area contributed by atoms with E-state index in [4.69, 9.17) is 14.2 Å². The second-order valence-corrected chi connectivity index (χ2v) is 11.2. The Morgan fingerprint density at radius 3 is 2.28 bits per heavy atom. The number of methoxy groups -OCH3 is 3. The molecular formula is C36H31N5O5S. The Morgan fingerprint density at radius 1 is 0.872 bits per heavy atom. The molecule has 6 rings (SSSR count). The number of aromatic amines is 1. The number of rotatable bonds is 12. The number of thioether (sulfide) groups is 1. The first-order valence-corrected chi connectivity index (χ1v) is 15.6. The maximum atomic E-state index is 13.0. The summed E-state index contributed by atoms with van der Waals surface area (Å²) in [6.07, 6.45) is 5.07. The summed E-state index contributed by atoms with van der Waals surface area (Å²) in [5.74, 6) is 1.83. The topological polar surface area (TPSA) is 120 Å². The van der Waals surface area contributed by atoms with Gasteiger partial charge < -0.3 is 24.5 Å². The van der Waals surface area contributed by atoms with Crippen LogP contribution in [0.25, 0.3) is 34.1 Å². The molecule has 0 aliphatic heterocycles. The van der Waals surface area contributed by atoms with Gasteiger partial charge in [-0.05, 0) is 66.2 Å². The molecule has 0 saturated heterocycles. The summed E-state index contributed by atoms with van der Waals surface area (Å²) in [5, 5.41) is 13.5. The Labute approximate surface area is 275 Å². The molecule has 236 valence electrons. The molecule has 0 fully saturated rings. The van der Waals surface area contributed by atoms with Gasteiger partial charge >= 0.3 is 0 Å². The van der Waals surface area contributed by atoms with Crippen LogP contribution >= 0.6 is 11.8 Å². The zero-order valence-electron chi connectivity index (χ0n) is 25.9. The van der Waals surface area contributed by atoms with Gasteiger partial charge in [0.25, 0.3) is 0 Å². The number of anilines is 1. The van der Waals surface area contributed by atoms with E-state index in [1.165, 1.54) is 39.2 Å². The maximum absolute atomic E-state index is 13.0. The molecule has 11 heteroatoms. The maximum Gasteiger partial charge on any atom is 0.234 e. The first kappa shape index (κ1) is 31.2. The lowest BCUT2D eigenvalue weighted by atomic mass is 10.1. The molecule has 0 unspecified atom stereocenters. The van der Waals surface area contributed by atoms with Crippen LogP contribution in [0, 0.1) is 0 Å². The molecule has 0 aliphatic rings. The Hall–Kier alpha value is -5.81. The molecule has 1 amide bonds. The van der Waals surface area contributed by atoms with Gasteiger partial charge in [-0.1, -0.05) is 54.2 Å². The summed E-state index contributed by atoms with van der Waals surface area (Å²) >= 11 is 1.29. The monoisotopic (exact) mass is 645 g/mol. The summed E-state index contributed by atoms with van der Waals surface area (Å²) in [4.78, 5) is 29.1. The first-order valence-electron chi connectivity index (χ1n) is 14.6. The predicted octanol–water partition coefficient (Wildman–Crippen LogP) is 7.07. The fourth-order valence-electron chi connectivity index (χ4n) is 5.11. The van der Waals surface area contributed by atoms with Crippen LogP contribution in [0.4, 0.5) is 5.69 Å². The number of ketones is 1. The normalized spacial score (nSPS) is 11.1. The van der Waals surface area contributed by atoms with E-state index >= 15 is 0 Å². The predicted molar refractivity (Wildman–Crippen MR) is 184 cm³/mol. The van der Waals surface area contributed by atoms with E-state index in [1.54, 1.807) is 42.5 Å². The second-order valence-electron chi connectivity index (χ2n) is 10.3. The number of nitrogens with zero attached hydrogens (tertiary/aromatic N) is 3. The van der Waals surface area contributed by atoms with Gasteiger partial charge in [0.1, 0.15) is 0 Å². The van der Waals surface area contributed by atoms with Crippen molar-refractivity contribution >= 4 is 46.1 Å². The minimum atomic E-state index is -0.215. The molecule has 0 aliphatic carbocycles. The Bertz CT molecular complexity index is 2040. The number of carbonyl (C=O) groups excluding carboxylic acids is 2. The Morgan fingerprint density at radius 2 is 1.57 bits per heavy atom. The van der Waals surface area contributed by atoms with Crippen LogP contribution < -0.4 is 19.5 Å². The number of amides is 1. The molecule has 0 spiro atoms. The fourth-order valence-corrected chi connectivity index (χ4v) is 5.87. The van der Waals surface area contributed by atoms with Crippen molar-refractivity contribution in [2.24, 2.45) is 0 Å². The summed E-state index contributed by atoms with van der Waals surface area (Å²) in [6.45, 7) is 0. The molecule has 2 aromatic heterocycles. The van der Waals surface area contributed by atoms with Gasteiger partial charge in [-0.15, -0.1) is 10.2 Å². The van der Waals surface area contributed by atoms with E-state index in [0.29, 0.717) is 45.0 Å². The number of hydrogen-bond acceptors (Lipinski definition) is 8. The highest BCUT2D eigenvalue weighted by Crippen LogP contribution is 2.38. The quantitative estimate of drug-likeness (QED) is 0.0824. The van der Waals surface area contributed by atoms with Gasteiger partial charge in [0.05, 0.1) is 27.1 Å². The standard InChI is InChI=1S/C36H31N5O5S/c1-44-31-19-23(20-32(45-2)34(31)46-3)13-18-30(42)24-14-16-25(17-15-24)38-33(43)22-47-36-40-39-35(41(36)26-9-5-4-6-10-26)28-21-37-29-12-8-7-11-27(28)29/h4-21,37H,22H2,1-3H3,(H,38,43)/b18-13+. The van der Waals surface area contributed by atoms with E-state index in [0.717, 1.165) is 22.2 Å². The number of allylic oxidation sites excluding steroid dienone is 1. The van der Waals surface area contributed by atoms with Gasteiger partial charge in [-0.25, -0.2) is 0 Å². The van der Waals surface area contributed by atoms with Crippen LogP contribution in [0.3, 0.4) is 0 Å². The number of aromatic nitrogens is 4. The molecule has 0 radical (unpaired) electrons. The summed E-state index contributed by atoms with van der Waals surface area (Å²) < 4.78 is 18.1. The average Bonchev–Trinajstić information content (AvgIpc) is 3.74. The lowest BCUT2D eigenvalue weighted by Crippen LogP contribution is -2.14. The first-order chi connectivity index (χ1) is 23.0. The number of para-hydroxylation sites is 2. The fraction of sp³-hybridized carbons (Fsp3) is 0.111. The van der Waals surface area contributed by atoms with Crippen molar-refractivity contribution in [1.82, 2.24) is 19.7 Å². The molecular weight excluding hydrogens is 614 g/mol. The van der Waals surface area contributed by atoms with Crippen LogP contribution in [-0.2, 0) is 4.79 Å². The SMILES string of the molecule is COc1cc(/C=C/C(=O)c2ccc(NC(=O)CSc3nnc(-c4c[nH]c5ccccc45)n3-c3ccccc3)cc2)cc(OC)c1OC. The minimum absolute atomic E-state index is 0.108. The number of carbonyl (C=O) groups is 2. The highest BCUT2D eigenvalue weighted by Gasteiger charge is 2.20. The lowest BCUT2D eigenvalue weighted by molar-refractivity contribution is -0.113. The zero-order chi connectivity index (χ0) is 32.8. The van der Waals surface area contributed by atoms with Gasteiger partial charge in [0.15, 0.2) is 28.3 Å². The second kappa shape index (κ2) is 14.1. The third kappa shape index (κ3) is 6.75. The largest absolute Gasteiger partial charge is 0.493 e. The van der Waals surface area contributed by atoms with Crippen LogP contribution in [-0.4, -0.2) is 58.5 Å². The van der Waals surface area contributed by atoms with Crippen LogP contribution in [0.2, 0.25) is 0 Å². The number of benzene rings is 4. The zero-order valence-corrected chi connectivity index (χ0v) is 26.7. The van der Waals surface area contributed by atoms with Crippen LogP contribution in [0.15, 0.2) is 108 Å². The average molecular weight is 646 g/mol. The van der Waals surface area contributed by atoms with Gasteiger partial charge in [-0.3, -0.25) is 14.2 Å². The van der Waals surface area contributed by atoms with Crippen molar-refractivity contribution in [3.63, 3.8) is 0 Å². The number of ether oxygens (including phenoxy) is 3. The van der Waals surface area contributed by atoms with E-state index in [9.17, 15) is 9.59 Å². The van der Waals surface area contributed by atoms with Crippen molar-refractivity contribution in [3.8, 4) is 34.3 Å². The molecule has 2 heterocycles. The molecule has 6 aromatic rings. The molecule has 0 bridgehead atoms. The summed E-state index contributed by atoms with van der Waals surface area (Å²) in [6, 6.07) is 28.1. The highest BCUT2D eigenvalue weighted by atomic mass is 32.2. The van der Waals surface area contributed by atoms with Crippen molar-refractivity contribution in [2.75, 3.05) is 32.4 Å². The van der Waals surface area contributed by atoms with Crippen molar-refractivity contribution in [1.29, 1.82) is 0 Å². The summed E-state index contributed by atoms with van der Waals surface area (Å²) in [7, 11) is 4.60. The third-order valence-electron chi connectivity index (χ3n) is 7.38. The molecule has 0 saturated carbocycles. The van der Waals surface area contributed by atoms with E-state index in [-0.39, 0.29) is 17.4 Å². The highest BCUT2D eigenvalue weighted by molar-refractivity contribution is 7.99.